The minimum absolute atomic E-state index is 0.0918. The molecule has 2 heterocycles. The smallest absolute Gasteiger partial charge is 0.267 e. The number of nitrogens with zero attached hydrogens (tertiary/aromatic N) is 5. The number of hydrogen-bond donors (Lipinski definition) is 1. The van der Waals surface area contributed by atoms with E-state index in [1.165, 1.54) is 6.20 Å². The molecule has 0 spiro atoms. The second-order valence-electron chi connectivity index (χ2n) is 7.59. The summed E-state index contributed by atoms with van der Waals surface area (Å²) in [6.07, 6.45) is 5.81. The number of anilines is 1. The summed E-state index contributed by atoms with van der Waals surface area (Å²) in [7, 11) is 0. The van der Waals surface area contributed by atoms with Crippen LogP contribution in [0.3, 0.4) is 0 Å². The van der Waals surface area contributed by atoms with Crippen LogP contribution in [0.25, 0.3) is 0 Å². The Morgan fingerprint density at radius 2 is 2.15 bits per heavy atom. The summed E-state index contributed by atoms with van der Waals surface area (Å²) >= 11 is 0. The van der Waals surface area contributed by atoms with E-state index in [1.807, 2.05) is 6.07 Å². The zero-order chi connectivity index (χ0) is 18.7. The Morgan fingerprint density at radius 3 is 2.81 bits per heavy atom. The van der Waals surface area contributed by atoms with Gasteiger partial charge in [-0.25, -0.2) is 4.98 Å². The van der Waals surface area contributed by atoms with Crippen LogP contribution in [0.5, 0.6) is 0 Å². The van der Waals surface area contributed by atoms with E-state index in [1.54, 1.807) is 23.3 Å². The molecule has 2 aromatic rings. The molecule has 0 aliphatic heterocycles. The third-order valence-electron chi connectivity index (χ3n) is 4.06. The van der Waals surface area contributed by atoms with Gasteiger partial charge in [0.25, 0.3) is 5.91 Å². The zero-order valence-corrected chi connectivity index (χ0v) is 15.3. The maximum absolute atomic E-state index is 12.7. The summed E-state index contributed by atoms with van der Waals surface area (Å²) in [5.74, 6) is 0.498. The summed E-state index contributed by atoms with van der Waals surface area (Å²) in [6.45, 7) is 6.81. The molecule has 1 N–H and O–H groups in total. The average molecular weight is 350 g/mol. The lowest BCUT2D eigenvalue weighted by atomic mass is 9.96. The van der Waals surface area contributed by atoms with E-state index in [9.17, 15) is 10.1 Å². The SMILES string of the molecule is CC(C)(C)CN(NC(=O)c1cccnc1)c1nc(C#N)nc2c1CCC2. The number of pyridine rings is 1. The van der Waals surface area contributed by atoms with Gasteiger partial charge in [-0.2, -0.15) is 10.2 Å². The number of aryl methyl sites for hydroxylation is 1. The first kappa shape index (κ1) is 17.8. The molecule has 0 radical (unpaired) electrons. The third-order valence-corrected chi connectivity index (χ3v) is 4.06. The quantitative estimate of drug-likeness (QED) is 0.851. The standard InChI is InChI=1S/C19H22N6O/c1-19(2,3)12-25(24-18(26)13-6-5-9-21-11-13)17-14-7-4-8-15(14)22-16(10-20)23-17/h5-6,9,11H,4,7-8,12H2,1-3H3,(H,24,26). The molecule has 1 amide bonds. The largest absolute Gasteiger partial charge is 0.271 e. The molecule has 0 saturated heterocycles. The van der Waals surface area contributed by atoms with Gasteiger partial charge in [-0.05, 0) is 36.8 Å². The van der Waals surface area contributed by atoms with Gasteiger partial charge in [0.15, 0.2) is 5.82 Å². The van der Waals surface area contributed by atoms with Crippen molar-refractivity contribution in [2.75, 3.05) is 11.6 Å². The second-order valence-corrected chi connectivity index (χ2v) is 7.59. The number of rotatable bonds is 4. The predicted molar refractivity (Wildman–Crippen MR) is 97.3 cm³/mol. The molecular weight excluding hydrogens is 328 g/mol. The molecule has 1 aliphatic carbocycles. The number of carbonyl (C=O) groups is 1. The molecule has 2 aromatic heterocycles. The molecule has 3 rings (SSSR count). The highest BCUT2D eigenvalue weighted by Gasteiger charge is 2.27. The maximum Gasteiger partial charge on any atom is 0.271 e. The van der Waals surface area contributed by atoms with E-state index < -0.39 is 0 Å². The minimum Gasteiger partial charge on any atom is -0.267 e. The van der Waals surface area contributed by atoms with Gasteiger partial charge in [0.2, 0.25) is 5.82 Å². The van der Waals surface area contributed by atoms with Crippen molar-refractivity contribution in [3.8, 4) is 6.07 Å². The Hall–Kier alpha value is -3.01. The molecule has 0 fully saturated rings. The van der Waals surface area contributed by atoms with E-state index in [0.717, 1.165) is 30.5 Å². The Kier molecular flexibility index (Phi) is 4.85. The van der Waals surface area contributed by atoms with Crippen LogP contribution in [0, 0.1) is 16.7 Å². The highest BCUT2D eigenvalue weighted by molar-refractivity contribution is 5.94. The Morgan fingerprint density at radius 1 is 1.35 bits per heavy atom. The molecule has 1 aliphatic rings. The van der Waals surface area contributed by atoms with Crippen LogP contribution in [0.15, 0.2) is 24.5 Å². The zero-order valence-electron chi connectivity index (χ0n) is 15.3. The van der Waals surface area contributed by atoms with Crippen LogP contribution in [0.1, 0.15) is 54.6 Å². The highest BCUT2D eigenvalue weighted by Crippen LogP contribution is 2.30. The maximum atomic E-state index is 12.7. The molecular formula is C19H22N6O. The lowest BCUT2D eigenvalue weighted by Crippen LogP contribution is -2.47. The number of fused-ring (bicyclic) bond motifs is 1. The molecule has 0 unspecified atom stereocenters. The number of nitriles is 1. The second kappa shape index (κ2) is 7.08. The van der Waals surface area contributed by atoms with Crippen LogP contribution in [-0.2, 0) is 12.8 Å². The Balaban J connectivity index is 1.99. The van der Waals surface area contributed by atoms with Gasteiger partial charge >= 0.3 is 0 Å². The first-order valence-electron chi connectivity index (χ1n) is 8.66. The summed E-state index contributed by atoms with van der Waals surface area (Å²) in [4.78, 5) is 25.4. The van der Waals surface area contributed by atoms with Crippen molar-refractivity contribution in [3.63, 3.8) is 0 Å². The van der Waals surface area contributed by atoms with E-state index in [-0.39, 0.29) is 17.1 Å². The fourth-order valence-corrected chi connectivity index (χ4v) is 3.01. The number of hydrogen-bond acceptors (Lipinski definition) is 6. The van der Waals surface area contributed by atoms with Gasteiger partial charge in [0.1, 0.15) is 6.07 Å². The van der Waals surface area contributed by atoms with Crippen molar-refractivity contribution in [1.29, 1.82) is 5.26 Å². The lowest BCUT2D eigenvalue weighted by molar-refractivity contribution is 0.0944. The van der Waals surface area contributed by atoms with Gasteiger partial charge in [-0.1, -0.05) is 20.8 Å². The van der Waals surface area contributed by atoms with Gasteiger partial charge in [0, 0.05) is 24.5 Å². The van der Waals surface area contributed by atoms with Crippen molar-refractivity contribution in [3.05, 3.63) is 47.2 Å². The van der Waals surface area contributed by atoms with Crippen LogP contribution >= 0.6 is 0 Å². The van der Waals surface area contributed by atoms with Gasteiger partial charge in [-0.15, -0.1) is 0 Å². The summed E-state index contributed by atoms with van der Waals surface area (Å²) in [5.41, 5.74) is 5.24. The van der Waals surface area contributed by atoms with Crippen LogP contribution in [0.2, 0.25) is 0 Å². The van der Waals surface area contributed by atoms with Crippen LogP contribution < -0.4 is 10.4 Å². The molecule has 7 heteroatoms. The molecule has 26 heavy (non-hydrogen) atoms. The lowest BCUT2D eigenvalue weighted by Gasteiger charge is -2.32. The number of hydrazine groups is 1. The number of amides is 1. The fraction of sp³-hybridized carbons (Fsp3) is 0.421. The molecule has 0 aromatic carbocycles. The molecule has 0 atom stereocenters. The molecule has 134 valence electrons. The van der Waals surface area contributed by atoms with E-state index >= 15 is 0 Å². The fourth-order valence-electron chi connectivity index (χ4n) is 3.01. The van der Waals surface area contributed by atoms with Crippen molar-refractivity contribution in [1.82, 2.24) is 20.4 Å². The minimum atomic E-state index is -0.258. The van der Waals surface area contributed by atoms with Crippen molar-refractivity contribution >= 4 is 11.7 Å². The van der Waals surface area contributed by atoms with Crippen LogP contribution in [0.4, 0.5) is 5.82 Å². The number of nitrogens with one attached hydrogen (secondary N) is 1. The van der Waals surface area contributed by atoms with Crippen molar-refractivity contribution in [2.45, 2.75) is 40.0 Å². The third kappa shape index (κ3) is 3.97. The summed E-state index contributed by atoms with van der Waals surface area (Å²) < 4.78 is 0. The van der Waals surface area contributed by atoms with Crippen LogP contribution in [-0.4, -0.2) is 27.4 Å². The summed E-state index contributed by atoms with van der Waals surface area (Å²) in [6, 6.07) is 5.46. The first-order chi connectivity index (χ1) is 12.4. The van der Waals surface area contributed by atoms with E-state index in [2.05, 4.69) is 41.1 Å². The molecule has 0 saturated carbocycles. The molecule has 0 bridgehead atoms. The van der Waals surface area contributed by atoms with Crippen molar-refractivity contribution < 1.29 is 4.79 Å². The van der Waals surface area contributed by atoms with Gasteiger partial charge < -0.3 is 0 Å². The van der Waals surface area contributed by atoms with E-state index in [4.69, 9.17) is 0 Å². The summed E-state index contributed by atoms with van der Waals surface area (Å²) in [5, 5.41) is 11.0. The van der Waals surface area contributed by atoms with E-state index in [0.29, 0.717) is 17.9 Å². The molecule has 7 nitrogen and oxygen atoms in total. The normalized spacial score (nSPS) is 13.0. The Bertz CT molecular complexity index is 851. The highest BCUT2D eigenvalue weighted by atomic mass is 16.2. The number of carbonyl (C=O) groups excluding carboxylic acids is 1. The average Bonchev–Trinajstić information content (AvgIpc) is 3.08. The van der Waals surface area contributed by atoms with Crippen molar-refractivity contribution in [2.24, 2.45) is 5.41 Å². The first-order valence-corrected chi connectivity index (χ1v) is 8.66. The van der Waals surface area contributed by atoms with Gasteiger partial charge in [0.05, 0.1) is 11.3 Å². The Labute approximate surface area is 153 Å². The monoisotopic (exact) mass is 350 g/mol. The predicted octanol–water partition coefficient (Wildman–Crippen LogP) is 2.43. The topological polar surface area (TPSA) is 94.8 Å². The number of aromatic nitrogens is 3. The van der Waals surface area contributed by atoms with Gasteiger partial charge in [-0.3, -0.25) is 20.2 Å².